The van der Waals surface area contributed by atoms with Crippen LogP contribution < -0.4 is 5.73 Å². The fraction of sp³-hybridized carbons (Fsp3) is 1.00. The van der Waals surface area contributed by atoms with Gasteiger partial charge in [0.05, 0.1) is 0 Å². The van der Waals surface area contributed by atoms with Gasteiger partial charge in [0, 0.05) is 10.4 Å². The molecule has 11 heavy (non-hydrogen) atoms. The molecule has 0 aliphatic carbocycles. The molecule has 1 unspecified atom stereocenters. The quantitative estimate of drug-likeness (QED) is 0.730. The number of halogens is 1. The molecule has 1 atom stereocenters. The monoisotopic (exact) mass is 221 g/mol. The summed E-state index contributed by atoms with van der Waals surface area (Å²) in [4.78, 5) is 0. The van der Waals surface area contributed by atoms with E-state index in [1.165, 1.54) is 0 Å². The molecule has 0 amide bonds. The minimum absolute atomic E-state index is 0.0903. The van der Waals surface area contributed by atoms with Gasteiger partial charge in [-0.1, -0.05) is 43.6 Å². The molecule has 0 rings (SSSR count). The Kier molecular flexibility index (Phi) is 4.06. The molecule has 0 spiro atoms. The molecule has 1 nitrogen and oxygen atoms in total. The normalized spacial score (nSPS) is 16.1. The van der Waals surface area contributed by atoms with Gasteiger partial charge in [0.2, 0.25) is 0 Å². The third kappa shape index (κ3) is 2.19. The van der Waals surface area contributed by atoms with E-state index in [4.69, 9.17) is 5.73 Å². The fourth-order valence-corrected chi connectivity index (χ4v) is 1.72. The summed E-state index contributed by atoms with van der Waals surface area (Å²) in [5, 5.41) is 0. The molecular weight excluding hydrogens is 202 g/mol. The van der Waals surface area contributed by atoms with Gasteiger partial charge in [-0.15, -0.1) is 0 Å². The number of hydrogen-bond donors (Lipinski definition) is 1. The number of nitrogens with two attached hydrogens (primary N) is 1. The molecule has 0 aromatic heterocycles. The summed E-state index contributed by atoms with van der Waals surface area (Å²) >= 11 is 3.75. The molecule has 68 valence electrons. The van der Waals surface area contributed by atoms with E-state index in [2.05, 4.69) is 50.5 Å². The minimum Gasteiger partial charge on any atom is -0.327 e. The first kappa shape index (κ1) is 11.4. The molecule has 0 saturated heterocycles. The lowest BCUT2D eigenvalue weighted by molar-refractivity contribution is 0.302. The van der Waals surface area contributed by atoms with E-state index in [1.807, 2.05) is 0 Å². The van der Waals surface area contributed by atoms with E-state index in [0.717, 1.165) is 0 Å². The highest BCUT2D eigenvalue weighted by molar-refractivity contribution is 9.10. The standard InChI is InChI=1S/C9H20BrN/c1-6(2)9(10,7(3)4)8(5)11/h6-8H,11H2,1-5H3. The average Bonchev–Trinajstić information content (AvgIpc) is 1.84. The van der Waals surface area contributed by atoms with Crippen molar-refractivity contribution in [3.05, 3.63) is 0 Å². The van der Waals surface area contributed by atoms with Crippen LogP contribution in [0.4, 0.5) is 0 Å². The van der Waals surface area contributed by atoms with Gasteiger partial charge in [0.1, 0.15) is 0 Å². The zero-order chi connectivity index (χ0) is 9.23. The van der Waals surface area contributed by atoms with Crippen LogP contribution in [-0.4, -0.2) is 10.4 Å². The Bertz CT molecular complexity index is 97.0. The number of hydrogen-bond acceptors (Lipinski definition) is 1. The molecule has 2 N–H and O–H groups in total. The number of alkyl halides is 1. The molecule has 0 fully saturated rings. The summed E-state index contributed by atoms with van der Waals surface area (Å²) in [6, 6.07) is 0.197. The maximum absolute atomic E-state index is 5.93. The van der Waals surface area contributed by atoms with E-state index in [-0.39, 0.29) is 10.4 Å². The maximum atomic E-state index is 5.93. The van der Waals surface area contributed by atoms with Crippen LogP contribution in [-0.2, 0) is 0 Å². The van der Waals surface area contributed by atoms with Crippen molar-refractivity contribution in [1.82, 2.24) is 0 Å². The Morgan fingerprint density at radius 3 is 1.27 bits per heavy atom. The second-order valence-electron chi connectivity index (χ2n) is 3.93. The molecular formula is C9H20BrN. The van der Waals surface area contributed by atoms with Crippen LogP contribution in [0.3, 0.4) is 0 Å². The molecule has 0 bridgehead atoms. The first-order valence-corrected chi connectivity index (χ1v) is 5.07. The summed E-state index contributed by atoms with van der Waals surface area (Å²) in [6.07, 6.45) is 0. The van der Waals surface area contributed by atoms with E-state index in [9.17, 15) is 0 Å². The summed E-state index contributed by atoms with van der Waals surface area (Å²) in [5.74, 6) is 1.14. The van der Waals surface area contributed by atoms with Gasteiger partial charge in [-0.25, -0.2) is 0 Å². The van der Waals surface area contributed by atoms with Gasteiger partial charge in [-0.05, 0) is 18.8 Å². The lowest BCUT2D eigenvalue weighted by Crippen LogP contribution is -2.48. The summed E-state index contributed by atoms with van der Waals surface area (Å²) in [6.45, 7) is 10.9. The third-order valence-electron chi connectivity index (χ3n) is 2.47. The lowest BCUT2D eigenvalue weighted by Gasteiger charge is -2.39. The molecule has 2 heteroatoms. The third-order valence-corrected chi connectivity index (χ3v) is 5.02. The van der Waals surface area contributed by atoms with E-state index in [0.29, 0.717) is 11.8 Å². The summed E-state index contributed by atoms with van der Waals surface area (Å²) in [5.41, 5.74) is 5.93. The molecule has 0 saturated carbocycles. The zero-order valence-corrected chi connectivity index (χ0v) is 9.77. The predicted octanol–water partition coefficient (Wildman–Crippen LogP) is 2.78. The van der Waals surface area contributed by atoms with Crippen molar-refractivity contribution in [2.75, 3.05) is 0 Å². The highest BCUT2D eigenvalue weighted by Gasteiger charge is 2.37. The van der Waals surface area contributed by atoms with Gasteiger partial charge in [0.25, 0.3) is 0 Å². The van der Waals surface area contributed by atoms with E-state index in [1.54, 1.807) is 0 Å². The van der Waals surface area contributed by atoms with E-state index < -0.39 is 0 Å². The Morgan fingerprint density at radius 1 is 1.00 bits per heavy atom. The second kappa shape index (κ2) is 3.90. The Balaban J connectivity index is 4.53. The Labute approximate surface area is 78.9 Å². The summed E-state index contributed by atoms with van der Waals surface area (Å²) in [7, 11) is 0. The van der Waals surface area contributed by atoms with Gasteiger partial charge >= 0.3 is 0 Å². The van der Waals surface area contributed by atoms with Crippen molar-refractivity contribution in [2.24, 2.45) is 17.6 Å². The van der Waals surface area contributed by atoms with Crippen LogP contribution in [0.2, 0.25) is 0 Å². The molecule has 0 radical (unpaired) electrons. The van der Waals surface area contributed by atoms with Crippen LogP contribution in [0.15, 0.2) is 0 Å². The largest absolute Gasteiger partial charge is 0.327 e. The molecule has 0 aromatic carbocycles. The molecule has 0 aromatic rings. The van der Waals surface area contributed by atoms with Crippen LogP contribution in [0.25, 0.3) is 0 Å². The van der Waals surface area contributed by atoms with Gasteiger partial charge in [0.15, 0.2) is 0 Å². The molecule has 0 aliphatic heterocycles. The highest BCUT2D eigenvalue weighted by atomic mass is 79.9. The first-order valence-electron chi connectivity index (χ1n) is 4.28. The van der Waals surface area contributed by atoms with Crippen molar-refractivity contribution in [3.8, 4) is 0 Å². The van der Waals surface area contributed by atoms with Gasteiger partial charge < -0.3 is 5.73 Å². The fourth-order valence-electron chi connectivity index (χ4n) is 1.72. The topological polar surface area (TPSA) is 26.0 Å². The lowest BCUT2D eigenvalue weighted by atomic mass is 9.80. The SMILES string of the molecule is CC(C)C(Br)(C(C)C)C(C)N. The van der Waals surface area contributed by atoms with Crippen molar-refractivity contribution < 1.29 is 0 Å². The van der Waals surface area contributed by atoms with E-state index >= 15 is 0 Å². The minimum atomic E-state index is 0.0903. The molecule has 0 heterocycles. The smallest absolute Gasteiger partial charge is 0.0451 e. The van der Waals surface area contributed by atoms with Gasteiger partial charge in [-0.2, -0.15) is 0 Å². The highest BCUT2D eigenvalue weighted by Crippen LogP contribution is 2.37. The van der Waals surface area contributed by atoms with Crippen molar-refractivity contribution in [2.45, 2.75) is 45.0 Å². The maximum Gasteiger partial charge on any atom is 0.0451 e. The van der Waals surface area contributed by atoms with Gasteiger partial charge in [-0.3, -0.25) is 0 Å². The predicted molar refractivity (Wildman–Crippen MR) is 55.0 cm³/mol. The van der Waals surface area contributed by atoms with Crippen molar-refractivity contribution in [3.63, 3.8) is 0 Å². The second-order valence-corrected chi connectivity index (χ2v) is 5.30. The van der Waals surface area contributed by atoms with Crippen LogP contribution in [0, 0.1) is 11.8 Å². The van der Waals surface area contributed by atoms with Crippen molar-refractivity contribution >= 4 is 15.9 Å². The molecule has 0 aliphatic rings. The Hall–Kier alpha value is 0.440. The average molecular weight is 222 g/mol. The first-order chi connectivity index (χ1) is 4.83. The Morgan fingerprint density at radius 2 is 1.27 bits per heavy atom. The zero-order valence-electron chi connectivity index (χ0n) is 8.19. The van der Waals surface area contributed by atoms with Crippen LogP contribution in [0.5, 0.6) is 0 Å². The summed E-state index contributed by atoms with van der Waals surface area (Å²) < 4.78 is 0.0903. The van der Waals surface area contributed by atoms with Crippen molar-refractivity contribution in [1.29, 1.82) is 0 Å². The van der Waals surface area contributed by atoms with Crippen LogP contribution >= 0.6 is 15.9 Å². The van der Waals surface area contributed by atoms with Crippen LogP contribution in [0.1, 0.15) is 34.6 Å². The number of rotatable bonds is 3.